The number of H-pyrrole nitrogens is 1. The molecule has 1 atom stereocenters. The van der Waals surface area contributed by atoms with Gasteiger partial charge in [0.25, 0.3) is 5.91 Å². The van der Waals surface area contributed by atoms with E-state index in [1.807, 2.05) is 13.8 Å². The molecule has 1 fully saturated rings. The van der Waals surface area contributed by atoms with Gasteiger partial charge in [-0.3, -0.25) is 19.5 Å². The van der Waals surface area contributed by atoms with E-state index in [4.69, 9.17) is 0 Å². The van der Waals surface area contributed by atoms with Crippen LogP contribution in [0.3, 0.4) is 0 Å². The number of amides is 3. The molecule has 2 aliphatic rings. The van der Waals surface area contributed by atoms with Gasteiger partial charge in [-0.2, -0.15) is 5.10 Å². The van der Waals surface area contributed by atoms with Gasteiger partial charge >= 0.3 is 0 Å². The van der Waals surface area contributed by atoms with Gasteiger partial charge in [0.05, 0.1) is 16.9 Å². The van der Waals surface area contributed by atoms with Crippen molar-refractivity contribution >= 4 is 29.1 Å². The second-order valence-electron chi connectivity index (χ2n) is 7.37. The first-order valence-electron chi connectivity index (χ1n) is 9.50. The molecule has 8 heteroatoms. The van der Waals surface area contributed by atoms with Crippen LogP contribution >= 0.6 is 0 Å². The van der Waals surface area contributed by atoms with Gasteiger partial charge in [-0.1, -0.05) is 0 Å². The number of nitrogens with zero attached hydrogens (tertiary/aromatic N) is 2. The number of aromatic nitrogens is 2. The van der Waals surface area contributed by atoms with Crippen LogP contribution in [0.5, 0.6) is 0 Å². The van der Waals surface area contributed by atoms with Crippen LogP contribution < -0.4 is 10.6 Å². The second kappa shape index (κ2) is 7.10. The quantitative estimate of drug-likeness (QED) is 0.754. The van der Waals surface area contributed by atoms with Crippen molar-refractivity contribution < 1.29 is 14.4 Å². The third-order valence-electron chi connectivity index (χ3n) is 5.49. The molecule has 146 valence electrons. The Kier molecular flexibility index (Phi) is 4.62. The van der Waals surface area contributed by atoms with Gasteiger partial charge in [0, 0.05) is 24.3 Å². The monoisotopic (exact) mass is 381 g/mol. The van der Waals surface area contributed by atoms with Crippen LogP contribution in [0.15, 0.2) is 18.2 Å². The van der Waals surface area contributed by atoms with Crippen LogP contribution in [0.1, 0.15) is 46.6 Å². The van der Waals surface area contributed by atoms with Gasteiger partial charge in [0.2, 0.25) is 11.8 Å². The Morgan fingerprint density at radius 2 is 2.14 bits per heavy atom. The average Bonchev–Trinajstić information content (AvgIpc) is 3.25. The number of hydrogen-bond donors (Lipinski definition) is 3. The van der Waals surface area contributed by atoms with E-state index in [1.54, 1.807) is 23.1 Å². The number of fused-ring (bicyclic) bond motifs is 2. The summed E-state index contributed by atoms with van der Waals surface area (Å²) in [6.07, 6.45) is 2.41. The van der Waals surface area contributed by atoms with E-state index in [-0.39, 0.29) is 17.7 Å². The number of benzene rings is 1. The number of rotatable bonds is 4. The number of anilines is 2. The average molecular weight is 381 g/mol. The van der Waals surface area contributed by atoms with E-state index >= 15 is 0 Å². The summed E-state index contributed by atoms with van der Waals surface area (Å²) in [5, 5.41) is 12.8. The van der Waals surface area contributed by atoms with Crippen molar-refractivity contribution in [3.05, 3.63) is 40.7 Å². The molecule has 1 aromatic carbocycles. The number of nitrogens with one attached hydrogen (secondary N) is 3. The first-order chi connectivity index (χ1) is 13.4. The maximum atomic E-state index is 12.9. The molecule has 8 nitrogen and oxygen atoms in total. The molecule has 28 heavy (non-hydrogen) atoms. The highest BCUT2D eigenvalue weighted by Gasteiger charge is 2.38. The smallest absolute Gasteiger partial charge is 0.256 e. The molecular weight excluding hydrogens is 358 g/mol. The molecule has 0 spiro atoms. The van der Waals surface area contributed by atoms with E-state index in [0.29, 0.717) is 42.7 Å². The molecule has 4 rings (SSSR count). The van der Waals surface area contributed by atoms with Crippen LogP contribution in [0, 0.1) is 13.8 Å². The predicted octanol–water partition coefficient (Wildman–Crippen LogP) is 2.15. The Labute approximate surface area is 162 Å². The fraction of sp³-hybridized carbons (Fsp3) is 0.400. The Balaban J connectivity index is 1.48. The molecule has 3 N–H and O–H groups in total. The van der Waals surface area contributed by atoms with E-state index in [1.165, 1.54) is 0 Å². The summed E-state index contributed by atoms with van der Waals surface area (Å²) in [4.78, 5) is 39.2. The lowest BCUT2D eigenvalue weighted by Gasteiger charge is -2.20. The van der Waals surface area contributed by atoms with E-state index < -0.39 is 6.04 Å². The molecule has 0 radical (unpaired) electrons. The van der Waals surface area contributed by atoms with Gasteiger partial charge in [-0.25, -0.2) is 0 Å². The van der Waals surface area contributed by atoms with Crippen LogP contribution in [0.2, 0.25) is 0 Å². The van der Waals surface area contributed by atoms with Crippen molar-refractivity contribution in [2.45, 2.75) is 45.6 Å². The molecule has 3 heterocycles. The largest absolute Gasteiger partial charge is 0.327 e. The highest BCUT2D eigenvalue weighted by molar-refractivity contribution is 6.11. The Morgan fingerprint density at radius 1 is 1.32 bits per heavy atom. The Morgan fingerprint density at radius 3 is 2.89 bits per heavy atom. The molecule has 1 saturated heterocycles. The number of carbonyl (C=O) groups excluding carboxylic acids is 3. The topological polar surface area (TPSA) is 107 Å². The van der Waals surface area contributed by atoms with Crippen molar-refractivity contribution in [2.24, 2.45) is 0 Å². The summed E-state index contributed by atoms with van der Waals surface area (Å²) in [7, 11) is 0. The number of aryl methyl sites for hydroxylation is 2. The number of carbonyl (C=O) groups is 3. The molecular formula is C20H23N5O3. The number of hydrogen-bond acceptors (Lipinski definition) is 4. The van der Waals surface area contributed by atoms with Crippen molar-refractivity contribution in [1.82, 2.24) is 15.1 Å². The first-order valence-corrected chi connectivity index (χ1v) is 9.50. The number of aromatic amines is 1. The lowest BCUT2D eigenvalue weighted by Crippen LogP contribution is -2.40. The zero-order chi connectivity index (χ0) is 19.8. The summed E-state index contributed by atoms with van der Waals surface area (Å²) in [6.45, 7) is 4.43. The standard InChI is InChI=1S/C20H23N5O3/c1-11-14(12(2)24-23-11)6-8-18(26)21-13-5-7-16-15(10-13)20(28)25-9-3-4-17(25)19(27)22-16/h5,7,10,17H,3-4,6,8-9H2,1-2H3,(H,21,26)(H,22,27)(H,23,24)/t17-/m1/s1. The molecule has 3 amide bonds. The normalized spacial score (nSPS) is 18.4. The maximum absolute atomic E-state index is 12.9. The molecule has 2 aliphatic heterocycles. The minimum atomic E-state index is -0.403. The predicted molar refractivity (Wildman–Crippen MR) is 104 cm³/mol. The van der Waals surface area contributed by atoms with Gasteiger partial charge < -0.3 is 15.5 Å². The third kappa shape index (κ3) is 3.26. The van der Waals surface area contributed by atoms with E-state index in [9.17, 15) is 14.4 Å². The summed E-state index contributed by atoms with van der Waals surface area (Å²) in [5.74, 6) is -0.451. The maximum Gasteiger partial charge on any atom is 0.256 e. The van der Waals surface area contributed by atoms with Crippen molar-refractivity contribution in [2.75, 3.05) is 17.2 Å². The molecule has 0 bridgehead atoms. The van der Waals surface area contributed by atoms with Gasteiger partial charge in [-0.05, 0) is 56.9 Å². The second-order valence-corrected chi connectivity index (χ2v) is 7.37. The van der Waals surface area contributed by atoms with Crippen LogP contribution in [-0.4, -0.2) is 45.4 Å². The van der Waals surface area contributed by atoms with Crippen molar-refractivity contribution in [1.29, 1.82) is 0 Å². The van der Waals surface area contributed by atoms with Crippen molar-refractivity contribution in [3.63, 3.8) is 0 Å². The van der Waals surface area contributed by atoms with Gasteiger partial charge in [0.1, 0.15) is 6.04 Å². The van der Waals surface area contributed by atoms with E-state index in [2.05, 4.69) is 20.8 Å². The summed E-state index contributed by atoms with van der Waals surface area (Å²) in [6, 6.07) is 4.62. The lowest BCUT2D eigenvalue weighted by atomic mass is 10.1. The molecule has 2 aromatic rings. The minimum absolute atomic E-state index is 0.135. The molecule has 0 aliphatic carbocycles. The lowest BCUT2D eigenvalue weighted by molar-refractivity contribution is -0.119. The van der Waals surface area contributed by atoms with Gasteiger partial charge in [0.15, 0.2) is 0 Å². The molecule has 0 saturated carbocycles. The fourth-order valence-corrected chi connectivity index (χ4v) is 3.97. The molecule has 1 aromatic heterocycles. The SMILES string of the molecule is Cc1n[nH]c(C)c1CCC(=O)Nc1ccc2c(c1)C(=O)N1CCC[C@@H]1C(=O)N2. The Hall–Kier alpha value is -3.16. The third-order valence-corrected chi connectivity index (χ3v) is 5.49. The summed E-state index contributed by atoms with van der Waals surface area (Å²) < 4.78 is 0. The van der Waals surface area contributed by atoms with E-state index in [0.717, 1.165) is 23.4 Å². The minimum Gasteiger partial charge on any atom is -0.327 e. The highest BCUT2D eigenvalue weighted by Crippen LogP contribution is 2.30. The van der Waals surface area contributed by atoms with Crippen molar-refractivity contribution in [3.8, 4) is 0 Å². The fourth-order valence-electron chi connectivity index (χ4n) is 3.97. The summed E-state index contributed by atoms with van der Waals surface area (Å²) >= 11 is 0. The van der Waals surface area contributed by atoms with Crippen LogP contribution in [0.4, 0.5) is 11.4 Å². The molecule has 0 unspecified atom stereocenters. The summed E-state index contributed by atoms with van der Waals surface area (Å²) in [5.41, 5.74) is 4.37. The zero-order valence-electron chi connectivity index (χ0n) is 16.0. The highest BCUT2D eigenvalue weighted by atomic mass is 16.2. The Bertz CT molecular complexity index is 945. The zero-order valence-corrected chi connectivity index (χ0v) is 16.0. The van der Waals surface area contributed by atoms with Crippen LogP contribution in [0.25, 0.3) is 0 Å². The van der Waals surface area contributed by atoms with Crippen LogP contribution in [-0.2, 0) is 16.0 Å². The van der Waals surface area contributed by atoms with Gasteiger partial charge in [-0.15, -0.1) is 0 Å². The first kappa shape index (κ1) is 18.2.